The minimum atomic E-state index is -0.963. The van der Waals surface area contributed by atoms with Gasteiger partial charge in [-0.3, -0.25) is 0 Å². The van der Waals surface area contributed by atoms with Crippen LogP contribution in [-0.2, 0) is 5.72 Å². The summed E-state index contributed by atoms with van der Waals surface area (Å²) in [6, 6.07) is 11.9. The maximum atomic E-state index is 10.6. The maximum absolute atomic E-state index is 10.6. The highest BCUT2D eigenvalue weighted by Crippen LogP contribution is 2.36. The molecule has 0 saturated carbocycles. The van der Waals surface area contributed by atoms with Crippen LogP contribution < -0.4 is 4.57 Å². The molecular formula is C13H11BrNO+. The molecule has 16 heavy (non-hydrogen) atoms. The zero-order valence-electron chi connectivity index (χ0n) is 8.81. The summed E-state index contributed by atoms with van der Waals surface area (Å²) in [6.45, 7) is 1.81. The Morgan fingerprint density at radius 2 is 2.06 bits per heavy atom. The van der Waals surface area contributed by atoms with Crippen molar-refractivity contribution in [1.82, 2.24) is 0 Å². The van der Waals surface area contributed by atoms with Crippen LogP contribution in [0.4, 0.5) is 0 Å². The molecule has 1 aliphatic rings. The van der Waals surface area contributed by atoms with Crippen molar-refractivity contribution in [3.63, 3.8) is 0 Å². The molecule has 0 amide bonds. The molecule has 1 unspecified atom stereocenters. The number of hydrogen-bond donors (Lipinski definition) is 1. The lowest BCUT2D eigenvalue weighted by atomic mass is 10.0. The van der Waals surface area contributed by atoms with Crippen molar-refractivity contribution in [2.75, 3.05) is 0 Å². The molecule has 3 rings (SSSR count). The zero-order chi connectivity index (χ0) is 11.3. The van der Waals surface area contributed by atoms with Crippen LogP contribution in [0.5, 0.6) is 0 Å². The Balaban J connectivity index is 2.39. The second-order valence-corrected chi connectivity index (χ2v) is 5.08. The Kier molecular flexibility index (Phi) is 1.97. The summed E-state index contributed by atoms with van der Waals surface area (Å²) in [6.07, 6.45) is 1.91. The van der Waals surface area contributed by atoms with Crippen LogP contribution in [-0.4, -0.2) is 5.11 Å². The van der Waals surface area contributed by atoms with E-state index in [1.807, 2.05) is 54.1 Å². The van der Waals surface area contributed by atoms with Gasteiger partial charge in [-0.25, -0.2) is 0 Å². The van der Waals surface area contributed by atoms with Gasteiger partial charge in [-0.15, -0.1) is 0 Å². The summed E-state index contributed by atoms with van der Waals surface area (Å²) < 4.78 is 2.88. The first kappa shape index (κ1) is 10.00. The lowest BCUT2D eigenvalue weighted by Gasteiger charge is -2.12. The molecule has 1 N–H and O–H groups in total. The van der Waals surface area contributed by atoms with E-state index in [9.17, 15) is 5.11 Å². The number of aromatic nitrogens is 1. The van der Waals surface area contributed by atoms with Gasteiger partial charge < -0.3 is 5.11 Å². The molecule has 2 heterocycles. The number of nitrogens with zero attached hydrogens (tertiary/aromatic N) is 1. The van der Waals surface area contributed by atoms with Crippen molar-refractivity contribution in [2.24, 2.45) is 0 Å². The molecule has 0 aliphatic carbocycles. The number of hydrogen-bond acceptors (Lipinski definition) is 1. The SMILES string of the molecule is CC1(O)c2cc(Br)ccc2-c2cccc[n+]21. The second kappa shape index (κ2) is 3.15. The minimum Gasteiger partial charge on any atom is -0.331 e. The third-order valence-corrected chi connectivity index (χ3v) is 3.59. The minimum absolute atomic E-state index is 0.938. The molecule has 0 saturated heterocycles. The van der Waals surface area contributed by atoms with Gasteiger partial charge in [0.15, 0.2) is 6.20 Å². The van der Waals surface area contributed by atoms with Gasteiger partial charge in [0.05, 0.1) is 11.1 Å². The number of benzene rings is 1. The van der Waals surface area contributed by atoms with Crippen LogP contribution in [0.15, 0.2) is 47.1 Å². The van der Waals surface area contributed by atoms with Crippen LogP contribution in [0, 0.1) is 0 Å². The summed E-state index contributed by atoms with van der Waals surface area (Å²) >= 11 is 3.44. The van der Waals surface area contributed by atoms with Gasteiger partial charge in [0, 0.05) is 23.5 Å². The van der Waals surface area contributed by atoms with E-state index >= 15 is 0 Å². The fraction of sp³-hybridized carbons (Fsp3) is 0.154. The fourth-order valence-electron chi connectivity index (χ4n) is 2.30. The Hall–Kier alpha value is -1.19. The van der Waals surface area contributed by atoms with Crippen molar-refractivity contribution >= 4 is 15.9 Å². The van der Waals surface area contributed by atoms with Crippen LogP contribution in [0.1, 0.15) is 12.5 Å². The van der Waals surface area contributed by atoms with E-state index in [1.165, 1.54) is 0 Å². The van der Waals surface area contributed by atoms with E-state index in [2.05, 4.69) is 15.9 Å². The quantitative estimate of drug-likeness (QED) is 0.735. The van der Waals surface area contributed by atoms with E-state index in [4.69, 9.17) is 0 Å². The van der Waals surface area contributed by atoms with Crippen LogP contribution >= 0.6 is 15.9 Å². The van der Waals surface area contributed by atoms with Crippen molar-refractivity contribution in [3.8, 4) is 11.3 Å². The maximum Gasteiger partial charge on any atom is 0.295 e. The Bertz CT molecular complexity index is 578. The summed E-state index contributed by atoms with van der Waals surface area (Å²) in [5.74, 6) is 0. The molecule has 1 atom stereocenters. The molecule has 3 heteroatoms. The van der Waals surface area contributed by atoms with Crippen molar-refractivity contribution in [3.05, 3.63) is 52.6 Å². The predicted octanol–water partition coefficient (Wildman–Crippen LogP) is 2.43. The number of halogens is 1. The molecule has 1 aromatic carbocycles. The average molecular weight is 277 g/mol. The highest BCUT2D eigenvalue weighted by atomic mass is 79.9. The first-order chi connectivity index (χ1) is 7.60. The predicted molar refractivity (Wildman–Crippen MR) is 64.7 cm³/mol. The zero-order valence-corrected chi connectivity index (χ0v) is 10.4. The molecule has 2 aromatic rings. The van der Waals surface area contributed by atoms with Gasteiger partial charge in [-0.1, -0.05) is 15.9 Å². The Morgan fingerprint density at radius 3 is 2.88 bits per heavy atom. The normalized spacial score (nSPS) is 21.7. The Labute approximate surface area is 102 Å². The lowest BCUT2D eigenvalue weighted by molar-refractivity contribution is -0.776. The van der Waals surface area contributed by atoms with Gasteiger partial charge in [-0.05, 0) is 24.3 Å². The van der Waals surface area contributed by atoms with Gasteiger partial charge in [-0.2, -0.15) is 4.57 Å². The monoisotopic (exact) mass is 276 g/mol. The van der Waals surface area contributed by atoms with Crippen molar-refractivity contribution in [2.45, 2.75) is 12.6 Å². The first-order valence-electron chi connectivity index (χ1n) is 5.14. The third-order valence-electron chi connectivity index (χ3n) is 3.10. The number of aliphatic hydroxyl groups is 1. The Morgan fingerprint density at radius 1 is 1.25 bits per heavy atom. The van der Waals surface area contributed by atoms with Crippen molar-refractivity contribution in [1.29, 1.82) is 0 Å². The fourth-order valence-corrected chi connectivity index (χ4v) is 2.66. The van der Waals surface area contributed by atoms with Gasteiger partial charge in [0.1, 0.15) is 0 Å². The molecule has 1 aromatic heterocycles. The summed E-state index contributed by atoms with van der Waals surface area (Å²) in [7, 11) is 0. The molecule has 0 spiro atoms. The molecule has 2 nitrogen and oxygen atoms in total. The molecular weight excluding hydrogens is 266 g/mol. The first-order valence-corrected chi connectivity index (χ1v) is 5.94. The van der Waals surface area contributed by atoms with Crippen LogP contribution in [0.2, 0.25) is 0 Å². The molecule has 0 radical (unpaired) electrons. The van der Waals surface area contributed by atoms with Crippen molar-refractivity contribution < 1.29 is 9.67 Å². The summed E-state index contributed by atoms with van der Waals surface area (Å²) in [5, 5.41) is 10.6. The van der Waals surface area contributed by atoms with Gasteiger partial charge >= 0.3 is 0 Å². The third kappa shape index (κ3) is 1.19. The smallest absolute Gasteiger partial charge is 0.295 e. The number of rotatable bonds is 0. The summed E-state index contributed by atoms with van der Waals surface area (Å²) in [4.78, 5) is 0. The van der Waals surface area contributed by atoms with E-state index in [1.54, 1.807) is 0 Å². The van der Waals surface area contributed by atoms with E-state index < -0.39 is 5.72 Å². The number of fused-ring (bicyclic) bond motifs is 3. The van der Waals surface area contributed by atoms with Gasteiger partial charge in [0.25, 0.3) is 5.72 Å². The number of pyridine rings is 1. The van der Waals surface area contributed by atoms with Crippen LogP contribution in [0.3, 0.4) is 0 Å². The van der Waals surface area contributed by atoms with E-state index in [0.29, 0.717) is 0 Å². The topological polar surface area (TPSA) is 24.1 Å². The second-order valence-electron chi connectivity index (χ2n) is 4.17. The van der Waals surface area contributed by atoms with Crippen LogP contribution in [0.25, 0.3) is 11.3 Å². The largest absolute Gasteiger partial charge is 0.331 e. The molecule has 1 aliphatic heterocycles. The highest BCUT2D eigenvalue weighted by Gasteiger charge is 2.45. The molecule has 0 fully saturated rings. The van der Waals surface area contributed by atoms with E-state index in [-0.39, 0.29) is 0 Å². The van der Waals surface area contributed by atoms with Gasteiger partial charge in [0.2, 0.25) is 5.69 Å². The lowest BCUT2D eigenvalue weighted by Crippen LogP contribution is -2.52. The molecule has 80 valence electrons. The van der Waals surface area contributed by atoms with E-state index in [0.717, 1.165) is 21.3 Å². The summed E-state index contributed by atoms with van der Waals surface area (Å²) in [5.41, 5.74) is 2.12. The molecule has 0 bridgehead atoms. The average Bonchev–Trinajstić information content (AvgIpc) is 2.49. The highest BCUT2D eigenvalue weighted by molar-refractivity contribution is 9.10. The standard InChI is InChI=1S/C13H11BrNO/c1-13(16)11-8-9(14)5-6-10(11)12-4-2-3-7-15(12)13/h2-8,16H,1H3/q+1.